The second-order valence-electron chi connectivity index (χ2n) is 5.76. The molecule has 1 unspecified atom stereocenters. The zero-order valence-electron chi connectivity index (χ0n) is 12.7. The van der Waals surface area contributed by atoms with Gasteiger partial charge in [0.25, 0.3) is 0 Å². The molecule has 3 amide bonds. The number of benzene rings is 1. The number of carbonyl (C=O) groups excluding carboxylic acids is 2. The van der Waals surface area contributed by atoms with Crippen molar-refractivity contribution >= 4 is 17.6 Å². The third-order valence-corrected chi connectivity index (χ3v) is 2.99. The third-order valence-electron chi connectivity index (χ3n) is 2.99. The molecule has 0 saturated carbocycles. The second kappa shape index (κ2) is 6.41. The van der Waals surface area contributed by atoms with Crippen molar-refractivity contribution in [2.24, 2.45) is 0 Å². The van der Waals surface area contributed by atoms with Crippen molar-refractivity contribution in [3.05, 3.63) is 29.8 Å². The van der Waals surface area contributed by atoms with E-state index in [9.17, 15) is 9.59 Å². The summed E-state index contributed by atoms with van der Waals surface area (Å²) in [4.78, 5) is 22.8. The van der Waals surface area contributed by atoms with Gasteiger partial charge in [0.1, 0.15) is 6.04 Å². The van der Waals surface area contributed by atoms with E-state index in [0.29, 0.717) is 0 Å². The van der Waals surface area contributed by atoms with Crippen molar-refractivity contribution in [2.45, 2.75) is 39.2 Å². The summed E-state index contributed by atoms with van der Waals surface area (Å²) >= 11 is 0. The van der Waals surface area contributed by atoms with Gasteiger partial charge < -0.3 is 10.6 Å². The van der Waals surface area contributed by atoms with E-state index < -0.39 is 12.1 Å². The number of anilines is 1. The quantitative estimate of drug-likeness (QED) is 0.793. The minimum absolute atomic E-state index is 0.0980. The van der Waals surface area contributed by atoms with Crippen molar-refractivity contribution in [2.75, 3.05) is 12.4 Å². The highest BCUT2D eigenvalue weighted by Gasteiger charge is 2.16. The highest BCUT2D eigenvalue weighted by molar-refractivity contribution is 5.97. The third kappa shape index (κ3) is 4.57. The van der Waals surface area contributed by atoms with Crippen LogP contribution in [0.4, 0.5) is 10.5 Å². The molecule has 0 fully saturated rings. The number of carbonyl (C=O) groups is 2. The average molecular weight is 277 g/mol. The molecule has 1 aromatic carbocycles. The van der Waals surface area contributed by atoms with Gasteiger partial charge >= 0.3 is 6.03 Å². The van der Waals surface area contributed by atoms with E-state index in [1.807, 2.05) is 24.3 Å². The van der Waals surface area contributed by atoms with E-state index in [2.05, 4.69) is 36.7 Å². The lowest BCUT2D eigenvalue weighted by Gasteiger charge is -2.20. The SMILES string of the molecule is CNC(=O)NC(=O)C(C)Nc1ccc(C(C)(C)C)cc1. The van der Waals surface area contributed by atoms with Crippen molar-refractivity contribution in [1.29, 1.82) is 0 Å². The highest BCUT2D eigenvalue weighted by Crippen LogP contribution is 2.23. The Kier molecular flexibility index (Phi) is 5.13. The molecule has 0 aliphatic heterocycles. The largest absolute Gasteiger partial charge is 0.374 e. The lowest BCUT2D eigenvalue weighted by Crippen LogP contribution is -2.44. The first kappa shape index (κ1) is 16.0. The number of rotatable bonds is 3. The fourth-order valence-corrected chi connectivity index (χ4v) is 1.66. The van der Waals surface area contributed by atoms with E-state index in [1.54, 1.807) is 6.92 Å². The topological polar surface area (TPSA) is 70.2 Å². The summed E-state index contributed by atoms with van der Waals surface area (Å²) in [5.74, 6) is -0.371. The van der Waals surface area contributed by atoms with Gasteiger partial charge in [-0.05, 0) is 30.0 Å². The van der Waals surface area contributed by atoms with Crippen molar-refractivity contribution in [1.82, 2.24) is 10.6 Å². The molecule has 20 heavy (non-hydrogen) atoms. The van der Waals surface area contributed by atoms with Gasteiger partial charge in [0.2, 0.25) is 5.91 Å². The molecule has 0 heterocycles. The fraction of sp³-hybridized carbons (Fsp3) is 0.467. The predicted molar refractivity (Wildman–Crippen MR) is 80.8 cm³/mol. The van der Waals surface area contributed by atoms with Crippen LogP contribution in [-0.4, -0.2) is 25.0 Å². The van der Waals surface area contributed by atoms with Crippen LogP contribution in [0.15, 0.2) is 24.3 Å². The Bertz CT molecular complexity index is 475. The predicted octanol–water partition coefficient (Wildman–Crippen LogP) is 2.24. The Labute approximate surface area is 120 Å². The van der Waals surface area contributed by atoms with Crippen LogP contribution < -0.4 is 16.0 Å². The number of hydrogen-bond acceptors (Lipinski definition) is 3. The maximum atomic E-state index is 11.7. The summed E-state index contributed by atoms with van der Waals surface area (Å²) in [7, 11) is 1.46. The van der Waals surface area contributed by atoms with Gasteiger partial charge in [0.15, 0.2) is 0 Å². The van der Waals surface area contributed by atoms with Gasteiger partial charge in [-0.1, -0.05) is 32.9 Å². The molecule has 1 rings (SSSR count). The molecule has 3 N–H and O–H groups in total. The second-order valence-corrected chi connectivity index (χ2v) is 5.76. The molecule has 0 aliphatic rings. The molecule has 5 heteroatoms. The maximum Gasteiger partial charge on any atom is 0.321 e. The molecule has 110 valence electrons. The van der Waals surface area contributed by atoms with E-state index in [-0.39, 0.29) is 11.3 Å². The minimum atomic E-state index is -0.508. The minimum Gasteiger partial charge on any atom is -0.374 e. The van der Waals surface area contributed by atoms with E-state index in [1.165, 1.54) is 12.6 Å². The molecule has 0 aromatic heterocycles. The van der Waals surface area contributed by atoms with Crippen LogP contribution in [0.25, 0.3) is 0 Å². The Hall–Kier alpha value is -2.04. The Morgan fingerprint density at radius 2 is 1.65 bits per heavy atom. The first-order chi connectivity index (χ1) is 9.24. The molecule has 0 spiro atoms. The summed E-state index contributed by atoms with van der Waals surface area (Å²) < 4.78 is 0. The number of amides is 3. The van der Waals surface area contributed by atoms with Crippen LogP contribution in [0.1, 0.15) is 33.3 Å². The maximum absolute atomic E-state index is 11.7. The van der Waals surface area contributed by atoms with Gasteiger partial charge in [0, 0.05) is 12.7 Å². The smallest absolute Gasteiger partial charge is 0.321 e. The zero-order chi connectivity index (χ0) is 15.3. The monoisotopic (exact) mass is 277 g/mol. The van der Waals surface area contributed by atoms with Gasteiger partial charge in [-0.15, -0.1) is 0 Å². The lowest BCUT2D eigenvalue weighted by molar-refractivity contribution is -0.120. The van der Waals surface area contributed by atoms with Crippen LogP contribution in [-0.2, 0) is 10.2 Å². The number of hydrogen-bond donors (Lipinski definition) is 3. The fourth-order valence-electron chi connectivity index (χ4n) is 1.66. The summed E-state index contributed by atoms with van der Waals surface area (Å²) in [5.41, 5.74) is 2.17. The zero-order valence-corrected chi connectivity index (χ0v) is 12.7. The average Bonchev–Trinajstić information content (AvgIpc) is 2.38. The van der Waals surface area contributed by atoms with E-state index in [0.717, 1.165) is 5.69 Å². The molecule has 5 nitrogen and oxygen atoms in total. The molecule has 0 bridgehead atoms. The van der Waals surface area contributed by atoms with Crippen LogP contribution in [0, 0.1) is 0 Å². The number of imide groups is 1. The molecular formula is C15H23N3O2. The van der Waals surface area contributed by atoms with Crippen molar-refractivity contribution in [3.8, 4) is 0 Å². The number of urea groups is 1. The molecule has 1 atom stereocenters. The van der Waals surface area contributed by atoms with Gasteiger partial charge in [-0.3, -0.25) is 10.1 Å². The first-order valence-corrected chi connectivity index (χ1v) is 6.63. The Morgan fingerprint density at radius 1 is 1.10 bits per heavy atom. The number of nitrogens with one attached hydrogen (secondary N) is 3. The Balaban J connectivity index is 2.64. The highest BCUT2D eigenvalue weighted by atomic mass is 16.2. The van der Waals surface area contributed by atoms with Crippen LogP contribution in [0.2, 0.25) is 0 Å². The normalized spacial score (nSPS) is 12.4. The van der Waals surface area contributed by atoms with Gasteiger partial charge in [-0.2, -0.15) is 0 Å². The lowest BCUT2D eigenvalue weighted by atomic mass is 9.87. The molecular weight excluding hydrogens is 254 g/mol. The first-order valence-electron chi connectivity index (χ1n) is 6.63. The molecule has 0 radical (unpaired) electrons. The summed E-state index contributed by atoms with van der Waals surface area (Å²) in [6, 6.07) is 6.94. The summed E-state index contributed by atoms with van der Waals surface area (Å²) in [5, 5.41) is 7.63. The standard InChI is InChI=1S/C15H23N3O2/c1-10(13(19)18-14(20)16-5)17-12-8-6-11(7-9-12)15(2,3)4/h6-10,17H,1-5H3,(H2,16,18,19,20). The molecule has 0 saturated heterocycles. The van der Waals surface area contributed by atoms with Gasteiger partial charge in [-0.25, -0.2) is 4.79 Å². The van der Waals surface area contributed by atoms with E-state index >= 15 is 0 Å². The van der Waals surface area contributed by atoms with Gasteiger partial charge in [0.05, 0.1) is 0 Å². The molecule has 0 aliphatic carbocycles. The Morgan fingerprint density at radius 3 is 2.10 bits per heavy atom. The molecule has 1 aromatic rings. The van der Waals surface area contributed by atoms with E-state index in [4.69, 9.17) is 0 Å². The van der Waals surface area contributed by atoms with Crippen LogP contribution in [0.3, 0.4) is 0 Å². The van der Waals surface area contributed by atoms with Crippen LogP contribution >= 0.6 is 0 Å². The van der Waals surface area contributed by atoms with Crippen molar-refractivity contribution in [3.63, 3.8) is 0 Å². The van der Waals surface area contributed by atoms with Crippen molar-refractivity contribution < 1.29 is 9.59 Å². The summed E-state index contributed by atoms with van der Waals surface area (Å²) in [6.07, 6.45) is 0. The van der Waals surface area contributed by atoms with Crippen LogP contribution in [0.5, 0.6) is 0 Å². The summed E-state index contributed by atoms with van der Waals surface area (Å²) in [6.45, 7) is 8.15.